The minimum absolute atomic E-state index is 0.0131. The van der Waals surface area contributed by atoms with Gasteiger partial charge in [-0.3, -0.25) is 9.59 Å². The van der Waals surface area contributed by atoms with Crippen LogP contribution in [0.3, 0.4) is 0 Å². The van der Waals surface area contributed by atoms with Gasteiger partial charge in [-0.05, 0) is 56.0 Å². The molecule has 0 radical (unpaired) electrons. The summed E-state index contributed by atoms with van der Waals surface area (Å²) in [5.74, 6) is -0.137. The Morgan fingerprint density at radius 3 is 2.39 bits per heavy atom. The largest absolute Gasteiger partial charge is 0.352 e. The van der Waals surface area contributed by atoms with Crippen LogP contribution in [0.5, 0.6) is 0 Å². The van der Waals surface area contributed by atoms with E-state index >= 15 is 0 Å². The van der Waals surface area contributed by atoms with Crippen LogP contribution in [0.15, 0.2) is 66.7 Å². The van der Waals surface area contributed by atoms with Crippen LogP contribution < -0.4 is 5.32 Å². The van der Waals surface area contributed by atoms with Crippen molar-refractivity contribution in [2.45, 2.75) is 59.2 Å². The number of fused-ring (bicyclic) bond motifs is 1. The van der Waals surface area contributed by atoms with Crippen molar-refractivity contribution in [3.8, 4) is 0 Å². The van der Waals surface area contributed by atoms with Gasteiger partial charge in [-0.1, -0.05) is 72.3 Å². The number of nitrogens with zero attached hydrogens (tertiary/aromatic N) is 1. The van der Waals surface area contributed by atoms with Crippen LogP contribution >= 0.6 is 0 Å². The van der Waals surface area contributed by atoms with Crippen molar-refractivity contribution in [2.24, 2.45) is 0 Å². The number of hydrogen-bond acceptors (Lipinski definition) is 2. The Morgan fingerprint density at radius 1 is 0.935 bits per heavy atom. The van der Waals surface area contributed by atoms with Crippen molar-refractivity contribution in [1.82, 2.24) is 10.2 Å². The quantitative estimate of drug-likeness (QED) is 0.560. The lowest BCUT2D eigenvalue weighted by Gasteiger charge is -2.29. The summed E-state index contributed by atoms with van der Waals surface area (Å²) < 4.78 is 0. The predicted octanol–water partition coefficient (Wildman–Crippen LogP) is 5.02. The van der Waals surface area contributed by atoms with Crippen molar-refractivity contribution in [2.75, 3.05) is 0 Å². The van der Waals surface area contributed by atoms with Gasteiger partial charge in [0.2, 0.25) is 11.8 Å². The molecule has 4 nitrogen and oxygen atoms in total. The van der Waals surface area contributed by atoms with Gasteiger partial charge >= 0.3 is 0 Å². The SMILES string of the molecule is Cc1cccc(CN(C(=O)CCc2cccc3ccccc23)[C@@H](C)C(=O)NC(C)C)c1. The molecule has 0 heterocycles. The van der Waals surface area contributed by atoms with Crippen LogP contribution in [-0.2, 0) is 22.6 Å². The van der Waals surface area contributed by atoms with Crippen molar-refractivity contribution < 1.29 is 9.59 Å². The first-order valence-electron chi connectivity index (χ1n) is 11.0. The highest BCUT2D eigenvalue weighted by atomic mass is 16.2. The van der Waals surface area contributed by atoms with E-state index in [-0.39, 0.29) is 17.9 Å². The van der Waals surface area contributed by atoms with Crippen molar-refractivity contribution in [3.05, 3.63) is 83.4 Å². The fourth-order valence-electron chi connectivity index (χ4n) is 3.89. The summed E-state index contributed by atoms with van der Waals surface area (Å²) in [6.45, 7) is 8.12. The second-order valence-electron chi connectivity index (χ2n) is 8.49. The molecule has 0 saturated heterocycles. The highest BCUT2D eigenvalue weighted by Crippen LogP contribution is 2.21. The fraction of sp³-hybridized carbons (Fsp3) is 0.333. The fourth-order valence-corrected chi connectivity index (χ4v) is 3.89. The van der Waals surface area contributed by atoms with Gasteiger partial charge in [-0.25, -0.2) is 0 Å². The molecule has 0 aliphatic carbocycles. The molecule has 4 heteroatoms. The lowest BCUT2D eigenvalue weighted by molar-refractivity contribution is -0.140. The maximum atomic E-state index is 13.3. The molecule has 0 aliphatic rings. The number of carbonyl (C=O) groups excluding carboxylic acids is 2. The molecule has 0 unspecified atom stereocenters. The number of aryl methyl sites for hydroxylation is 2. The summed E-state index contributed by atoms with van der Waals surface area (Å²) in [6.07, 6.45) is 1.00. The molecular formula is C27H32N2O2. The van der Waals surface area contributed by atoms with Crippen molar-refractivity contribution >= 4 is 22.6 Å². The van der Waals surface area contributed by atoms with E-state index in [1.165, 1.54) is 10.8 Å². The topological polar surface area (TPSA) is 49.4 Å². The molecule has 3 aromatic carbocycles. The average Bonchev–Trinajstić information content (AvgIpc) is 2.75. The molecule has 3 rings (SSSR count). The molecule has 31 heavy (non-hydrogen) atoms. The van der Waals surface area contributed by atoms with Gasteiger partial charge in [0.1, 0.15) is 6.04 Å². The second-order valence-corrected chi connectivity index (χ2v) is 8.49. The first-order chi connectivity index (χ1) is 14.8. The van der Waals surface area contributed by atoms with Crippen LogP contribution in [0, 0.1) is 6.92 Å². The standard InChI is InChI=1S/C27H32N2O2/c1-19(2)28-27(31)21(4)29(18-22-10-7-9-20(3)17-22)26(30)16-15-24-13-8-12-23-11-5-6-14-25(23)24/h5-14,17,19,21H,15-16,18H2,1-4H3,(H,28,31)/t21-/m0/s1. The normalized spacial score (nSPS) is 12.0. The zero-order chi connectivity index (χ0) is 22.4. The van der Waals surface area contributed by atoms with Crippen LogP contribution in [0.2, 0.25) is 0 Å². The van der Waals surface area contributed by atoms with E-state index < -0.39 is 6.04 Å². The molecule has 162 valence electrons. The van der Waals surface area contributed by atoms with Gasteiger partial charge in [0, 0.05) is 19.0 Å². The number of hydrogen-bond donors (Lipinski definition) is 1. The summed E-state index contributed by atoms with van der Waals surface area (Å²) >= 11 is 0. The number of carbonyl (C=O) groups is 2. The number of amides is 2. The highest BCUT2D eigenvalue weighted by molar-refractivity contribution is 5.89. The minimum atomic E-state index is -0.539. The summed E-state index contributed by atoms with van der Waals surface area (Å²) in [5, 5.41) is 5.29. The highest BCUT2D eigenvalue weighted by Gasteiger charge is 2.26. The molecule has 0 bridgehead atoms. The first-order valence-corrected chi connectivity index (χ1v) is 11.0. The summed E-state index contributed by atoms with van der Waals surface area (Å²) in [6, 6.07) is 22.0. The molecule has 1 N–H and O–H groups in total. The average molecular weight is 417 g/mol. The molecule has 0 saturated carbocycles. The minimum Gasteiger partial charge on any atom is -0.352 e. The Bertz CT molecular complexity index is 1050. The van der Waals surface area contributed by atoms with E-state index in [2.05, 4.69) is 35.6 Å². The first kappa shape index (κ1) is 22.5. The van der Waals surface area contributed by atoms with E-state index in [0.717, 1.165) is 16.7 Å². The third kappa shape index (κ3) is 5.94. The number of benzene rings is 3. The summed E-state index contributed by atoms with van der Waals surface area (Å²) in [5.41, 5.74) is 3.32. The molecule has 1 atom stereocenters. The lowest BCUT2D eigenvalue weighted by atomic mass is 10.0. The summed E-state index contributed by atoms with van der Waals surface area (Å²) in [7, 11) is 0. The second kappa shape index (κ2) is 10.3. The molecule has 0 aliphatic heterocycles. The third-order valence-electron chi connectivity index (χ3n) is 5.52. The monoisotopic (exact) mass is 416 g/mol. The van der Waals surface area contributed by atoms with Gasteiger partial charge in [0.25, 0.3) is 0 Å². The zero-order valence-corrected chi connectivity index (χ0v) is 18.9. The summed E-state index contributed by atoms with van der Waals surface area (Å²) in [4.78, 5) is 27.7. The van der Waals surface area contributed by atoms with Gasteiger partial charge in [0.05, 0.1) is 0 Å². The van der Waals surface area contributed by atoms with E-state index in [9.17, 15) is 9.59 Å². The van der Waals surface area contributed by atoms with Crippen molar-refractivity contribution in [3.63, 3.8) is 0 Å². The van der Waals surface area contributed by atoms with Gasteiger partial charge in [-0.2, -0.15) is 0 Å². The predicted molar refractivity (Wildman–Crippen MR) is 127 cm³/mol. The van der Waals surface area contributed by atoms with Crippen molar-refractivity contribution in [1.29, 1.82) is 0 Å². The third-order valence-corrected chi connectivity index (χ3v) is 5.52. The van der Waals surface area contributed by atoms with Crippen LogP contribution in [0.25, 0.3) is 10.8 Å². The smallest absolute Gasteiger partial charge is 0.242 e. The Hall–Kier alpha value is -3.14. The molecule has 3 aromatic rings. The maximum absolute atomic E-state index is 13.3. The van der Waals surface area contributed by atoms with Gasteiger partial charge < -0.3 is 10.2 Å². The maximum Gasteiger partial charge on any atom is 0.242 e. The van der Waals surface area contributed by atoms with E-state index in [1.54, 1.807) is 4.90 Å². The van der Waals surface area contributed by atoms with Gasteiger partial charge in [-0.15, -0.1) is 0 Å². The molecule has 0 fully saturated rings. The molecule has 2 amide bonds. The molecule has 0 spiro atoms. The van der Waals surface area contributed by atoms with Crippen LogP contribution in [-0.4, -0.2) is 28.8 Å². The van der Waals surface area contributed by atoms with Crippen LogP contribution in [0.1, 0.15) is 43.9 Å². The molecular weight excluding hydrogens is 384 g/mol. The van der Waals surface area contributed by atoms with E-state index in [0.29, 0.717) is 19.4 Å². The van der Waals surface area contributed by atoms with E-state index in [4.69, 9.17) is 0 Å². The Labute approximate surface area is 185 Å². The zero-order valence-electron chi connectivity index (χ0n) is 18.9. The lowest BCUT2D eigenvalue weighted by Crippen LogP contribution is -2.49. The van der Waals surface area contributed by atoms with Gasteiger partial charge in [0.15, 0.2) is 0 Å². The number of rotatable bonds is 8. The number of nitrogens with one attached hydrogen (secondary N) is 1. The molecule has 0 aromatic heterocycles. The Balaban J connectivity index is 1.79. The van der Waals surface area contributed by atoms with Crippen LogP contribution in [0.4, 0.5) is 0 Å². The Morgan fingerprint density at radius 2 is 1.65 bits per heavy atom. The Kier molecular flexibility index (Phi) is 7.45. The van der Waals surface area contributed by atoms with E-state index in [1.807, 2.05) is 64.1 Å².